The first-order valence-corrected chi connectivity index (χ1v) is 7.39. The molecule has 0 fully saturated rings. The smallest absolute Gasteiger partial charge is 0.162 e. The SMILES string of the molecule is CCOc1cc(Cl)c(CNCCN(C)C)cc1OCC. The van der Waals surface area contributed by atoms with Crippen molar-refractivity contribution in [2.45, 2.75) is 20.4 Å². The molecule has 0 aliphatic rings. The molecule has 0 aromatic heterocycles. The Balaban J connectivity index is 2.72. The molecular formula is C15H25ClN2O2. The molecule has 0 amide bonds. The van der Waals surface area contributed by atoms with Gasteiger partial charge in [0, 0.05) is 30.7 Å². The van der Waals surface area contributed by atoms with E-state index in [-0.39, 0.29) is 0 Å². The van der Waals surface area contributed by atoms with Crippen molar-refractivity contribution < 1.29 is 9.47 Å². The predicted octanol–water partition coefficient (Wildman–Crippen LogP) is 2.79. The van der Waals surface area contributed by atoms with E-state index in [9.17, 15) is 0 Å². The van der Waals surface area contributed by atoms with Gasteiger partial charge in [0.1, 0.15) is 0 Å². The molecule has 0 saturated carbocycles. The van der Waals surface area contributed by atoms with Crippen LogP contribution in [0.15, 0.2) is 12.1 Å². The molecule has 0 atom stereocenters. The van der Waals surface area contributed by atoms with Gasteiger partial charge in [-0.15, -0.1) is 0 Å². The summed E-state index contributed by atoms with van der Waals surface area (Å²) in [5, 5.41) is 4.08. The van der Waals surface area contributed by atoms with Gasteiger partial charge in [-0.2, -0.15) is 0 Å². The molecule has 4 nitrogen and oxygen atoms in total. The number of hydrogen-bond donors (Lipinski definition) is 1. The Morgan fingerprint density at radius 2 is 1.70 bits per heavy atom. The van der Waals surface area contributed by atoms with Gasteiger partial charge in [0.2, 0.25) is 0 Å². The molecule has 1 rings (SSSR count). The molecule has 0 radical (unpaired) electrons. The van der Waals surface area contributed by atoms with E-state index >= 15 is 0 Å². The van der Waals surface area contributed by atoms with Gasteiger partial charge >= 0.3 is 0 Å². The second-order valence-electron chi connectivity index (χ2n) is 4.74. The van der Waals surface area contributed by atoms with Gasteiger partial charge in [0.05, 0.1) is 13.2 Å². The fourth-order valence-electron chi connectivity index (χ4n) is 1.78. The zero-order valence-corrected chi connectivity index (χ0v) is 13.6. The highest BCUT2D eigenvalue weighted by Gasteiger charge is 2.10. The lowest BCUT2D eigenvalue weighted by atomic mass is 10.2. The van der Waals surface area contributed by atoms with E-state index in [1.165, 1.54) is 0 Å². The number of rotatable bonds is 9. The maximum Gasteiger partial charge on any atom is 0.162 e. The van der Waals surface area contributed by atoms with Gasteiger partial charge in [-0.05, 0) is 39.6 Å². The Hall–Kier alpha value is -0.970. The van der Waals surface area contributed by atoms with E-state index in [2.05, 4.69) is 24.3 Å². The van der Waals surface area contributed by atoms with Gasteiger partial charge in [-0.1, -0.05) is 11.6 Å². The monoisotopic (exact) mass is 300 g/mol. The van der Waals surface area contributed by atoms with Crippen molar-refractivity contribution in [2.24, 2.45) is 0 Å². The van der Waals surface area contributed by atoms with Crippen LogP contribution in [-0.4, -0.2) is 45.3 Å². The molecule has 20 heavy (non-hydrogen) atoms. The Labute approximate surface area is 127 Å². The lowest BCUT2D eigenvalue weighted by Gasteiger charge is -2.15. The molecule has 0 bridgehead atoms. The summed E-state index contributed by atoms with van der Waals surface area (Å²) in [5.41, 5.74) is 1.03. The highest BCUT2D eigenvalue weighted by atomic mass is 35.5. The zero-order valence-electron chi connectivity index (χ0n) is 12.8. The number of nitrogens with zero attached hydrogens (tertiary/aromatic N) is 1. The Morgan fingerprint density at radius 1 is 1.10 bits per heavy atom. The van der Waals surface area contributed by atoms with Crippen LogP contribution in [0.3, 0.4) is 0 Å². The fourth-order valence-corrected chi connectivity index (χ4v) is 2.00. The van der Waals surface area contributed by atoms with Crippen molar-refractivity contribution in [1.29, 1.82) is 0 Å². The van der Waals surface area contributed by atoms with E-state index in [1.54, 1.807) is 0 Å². The highest BCUT2D eigenvalue weighted by molar-refractivity contribution is 6.31. The average Bonchev–Trinajstić information content (AvgIpc) is 2.39. The molecule has 114 valence electrons. The molecule has 0 aliphatic carbocycles. The molecule has 1 aromatic rings. The number of ether oxygens (including phenoxy) is 2. The summed E-state index contributed by atoms with van der Waals surface area (Å²) in [6, 6.07) is 3.79. The van der Waals surface area contributed by atoms with Crippen LogP contribution in [0.2, 0.25) is 5.02 Å². The second kappa shape index (κ2) is 9.06. The Bertz CT molecular complexity index is 411. The molecule has 0 spiro atoms. The molecule has 1 aromatic carbocycles. The summed E-state index contributed by atoms with van der Waals surface area (Å²) in [4.78, 5) is 2.14. The quantitative estimate of drug-likeness (QED) is 0.711. The number of nitrogens with one attached hydrogen (secondary N) is 1. The minimum Gasteiger partial charge on any atom is -0.490 e. The Morgan fingerprint density at radius 3 is 2.25 bits per heavy atom. The maximum absolute atomic E-state index is 6.29. The van der Waals surface area contributed by atoms with Crippen LogP contribution < -0.4 is 14.8 Å². The van der Waals surface area contributed by atoms with E-state index in [0.29, 0.717) is 24.0 Å². The van der Waals surface area contributed by atoms with Crippen LogP contribution in [0, 0.1) is 0 Å². The molecule has 0 aliphatic heterocycles. The summed E-state index contributed by atoms with van der Waals surface area (Å²) in [6.07, 6.45) is 0. The van der Waals surface area contributed by atoms with Crippen LogP contribution >= 0.6 is 11.6 Å². The van der Waals surface area contributed by atoms with Gasteiger partial charge in [-0.3, -0.25) is 0 Å². The minimum absolute atomic E-state index is 0.594. The first kappa shape index (κ1) is 17.1. The summed E-state index contributed by atoms with van der Waals surface area (Å²) < 4.78 is 11.2. The van der Waals surface area contributed by atoms with Gasteiger partial charge in [0.15, 0.2) is 11.5 Å². The standard InChI is InChI=1S/C15H25ClN2O2/c1-5-19-14-9-12(11-17-7-8-18(3)4)13(16)10-15(14)20-6-2/h9-10,17H,5-8,11H2,1-4H3. The molecule has 5 heteroatoms. The third-order valence-corrected chi connectivity index (χ3v) is 3.12. The highest BCUT2D eigenvalue weighted by Crippen LogP contribution is 2.33. The van der Waals surface area contributed by atoms with Gasteiger partial charge < -0.3 is 19.7 Å². The Kier molecular flexibility index (Phi) is 7.73. The minimum atomic E-state index is 0.594. The van der Waals surface area contributed by atoms with Gasteiger partial charge in [0.25, 0.3) is 0 Å². The topological polar surface area (TPSA) is 33.7 Å². The van der Waals surface area contributed by atoms with E-state index < -0.39 is 0 Å². The number of benzene rings is 1. The van der Waals surface area contributed by atoms with Crippen LogP contribution in [0.4, 0.5) is 0 Å². The number of hydrogen-bond acceptors (Lipinski definition) is 4. The van der Waals surface area contributed by atoms with Crippen molar-refractivity contribution in [2.75, 3.05) is 40.4 Å². The van der Waals surface area contributed by atoms with E-state index in [4.69, 9.17) is 21.1 Å². The summed E-state index contributed by atoms with van der Waals surface area (Å²) >= 11 is 6.29. The maximum atomic E-state index is 6.29. The van der Waals surface area contributed by atoms with Crippen LogP contribution in [0.1, 0.15) is 19.4 Å². The lowest BCUT2D eigenvalue weighted by molar-refractivity contribution is 0.287. The molecule has 0 saturated heterocycles. The summed E-state index contributed by atoms with van der Waals surface area (Å²) in [5.74, 6) is 1.46. The normalized spacial score (nSPS) is 10.9. The van der Waals surface area contributed by atoms with Crippen LogP contribution in [0.25, 0.3) is 0 Å². The van der Waals surface area contributed by atoms with E-state index in [1.807, 2.05) is 26.0 Å². The van der Waals surface area contributed by atoms with Crippen molar-refractivity contribution >= 4 is 11.6 Å². The van der Waals surface area contributed by atoms with Crippen molar-refractivity contribution in [3.8, 4) is 11.5 Å². The molecule has 0 unspecified atom stereocenters. The van der Waals surface area contributed by atoms with Crippen molar-refractivity contribution in [3.63, 3.8) is 0 Å². The third kappa shape index (κ3) is 5.57. The van der Waals surface area contributed by atoms with Crippen molar-refractivity contribution in [1.82, 2.24) is 10.2 Å². The summed E-state index contributed by atoms with van der Waals surface area (Å²) in [7, 11) is 4.11. The van der Waals surface area contributed by atoms with E-state index in [0.717, 1.165) is 30.9 Å². The third-order valence-electron chi connectivity index (χ3n) is 2.76. The van der Waals surface area contributed by atoms with Crippen molar-refractivity contribution in [3.05, 3.63) is 22.7 Å². The predicted molar refractivity (Wildman–Crippen MR) is 84.1 cm³/mol. The first-order valence-electron chi connectivity index (χ1n) is 7.01. The van der Waals surface area contributed by atoms with Gasteiger partial charge in [-0.25, -0.2) is 0 Å². The van der Waals surface area contributed by atoms with Crippen LogP contribution in [-0.2, 0) is 6.54 Å². The van der Waals surface area contributed by atoms with Crippen LogP contribution in [0.5, 0.6) is 11.5 Å². The lowest BCUT2D eigenvalue weighted by Crippen LogP contribution is -2.26. The molecule has 1 N–H and O–H groups in total. The molecule has 0 heterocycles. The number of likely N-dealkylation sites (N-methyl/N-ethyl adjacent to an activating group) is 1. The average molecular weight is 301 g/mol. The zero-order chi connectivity index (χ0) is 15.0. The number of halogens is 1. The largest absolute Gasteiger partial charge is 0.490 e. The fraction of sp³-hybridized carbons (Fsp3) is 0.600. The molecular weight excluding hydrogens is 276 g/mol. The summed E-state index contributed by atoms with van der Waals surface area (Å²) in [6.45, 7) is 7.73. The first-order chi connectivity index (χ1) is 9.58. The second-order valence-corrected chi connectivity index (χ2v) is 5.14.